The van der Waals surface area contributed by atoms with E-state index in [1.165, 1.54) is 0 Å². The van der Waals surface area contributed by atoms with E-state index in [9.17, 15) is 4.79 Å². The summed E-state index contributed by atoms with van der Waals surface area (Å²) in [5.74, 6) is -0.0750. The molecule has 0 rings (SSSR count). The highest BCUT2D eigenvalue weighted by Crippen LogP contribution is 2.14. The van der Waals surface area contributed by atoms with Crippen molar-refractivity contribution in [1.82, 2.24) is 0 Å². The van der Waals surface area contributed by atoms with Crippen molar-refractivity contribution in [2.75, 3.05) is 46.2 Å². The molecule has 5 heteroatoms. The van der Waals surface area contributed by atoms with Crippen LogP contribution in [0.2, 0.25) is 0 Å². The highest BCUT2D eigenvalue weighted by atomic mass is 16.6. The van der Waals surface area contributed by atoms with Crippen LogP contribution in [0.4, 0.5) is 0 Å². The molecule has 130 valence electrons. The van der Waals surface area contributed by atoms with E-state index < -0.39 is 0 Å². The molecule has 0 aliphatic carbocycles. The van der Waals surface area contributed by atoms with Crippen molar-refractivity contribution < 1.29 is 23.7 Å². The quantitative estimate of drug-likeness (QED) is 0.249. The van der Waals surface area contributed by atoms with Crippen molar-refractivity contribution >= 4 is 5.97 Å². The van der Waals surface area contributed by atoms with Gasteiger partial charge in [0, 0.05) is 0 Å². The van der Waals surface area contributed by atoms with Crippen LogP contribution in [0.1, 0.15) is 39.5 Å². The first kappa shape index (κ1) is 21.1. The summed E-state index contributed by atoms with van der Waals surface area (Å²) in [6.45, 7) is 11.1. The Morgan fingerprint density at radius 3 is 2.14 bits per heavy atom. The summed E-state index contributed by atoms with van der Waals surface area (Å²) in [6, 6.07) is 0. The molecule has 0 saturated carbocycles. The minimum absolute atomic E-state index is 0.0267. The van der Waals surface area contributed by atoms with Gasteiger partial charge < -0.3 is 18.9 Å². The van der Waals surface area contributed by atoms with Crippen LogP contribution in [-0.4, -0.2) is 52.2 Å². The van der Waals surface area contributed by atoms with Gasteiger partial charge in [-0.25, -0.2) is 0 Å². The van der Waals surface area contributed by atoms with Crippen molar-refractivity contribution in [2.45, 2.75) is 39.5 Å². The molecule has 22 heavy (non-hydrogen) atoms. The summed E-state index contributed by atoms with van der Waals surface area (Å²) in [5, 5.41) is 0. The van der Waals surface area contributed by atoms with E-state index in [-0.39, 0.29) is 11.9 Å². The van der Waals surface area contributed by atoms with Gasteiger partial charge in [0.15, 0.2) is 0 Å². The van der Waals surface area contributed by atoms with E-state index in [1.807, 2.05) is 6.92 Å². The summed E-state index contributed by atoms with van der Waals surface area (Å²) in [4.78, 5) is 11.8. The molecule has 0 fully saturated rings. The minimum atomic E-state index is -0.102. The maximum absolute atomic E-state index is 11.8. The Bertz CT molecular complexity index is 268. The Kier molecular flexibility index (Phi) is 15.8. The van der Waals surface area contributed by atoms with Gasteiger partial charge in [-0.15, -0.1) is 6.58 Å². The second-order valence-electron chi connectivity index (χ2n) is 5.00. The summed E-state index contributed by atoms with van der Waals surface area (Å²) < 4.78 is 21.1. The maximum Gasteiger partial charge on any atom is 0.308 e. The highest BCUT2D eigenvalue weighted by Gasteiger charge is 2.16. The van der Waals surface area contributed by atoms with Crippen LogP contribution in [0, 0.1) is 5.92 Å². The monoisotopic (exact) mass is 316 g/mol. The van der Waals surface area contributed by atoms with Crippen LogP contribution in [0.25, 0.3) is 0 Å². The second kappa shape index (κ2) is 16.5. The molecule has 0 aromatic heterocycles. The summed E-state index contributed by atoms with van der Waals surface area (Å²) in [5.41, 5.74) is 0. The standard InChI is InChI=1S/C17H32O5/c1-4-7-8-16(6-3)17(18)22-15-14-21-13-12-20-11-10-19-9-5-2/h5,16H,2,4,6-15H2,1,3H3. The lowest BCUT2D eigenvalue weighted by molar-refractivity contribution is -0.150. The van der Waals surface area contributed by atoms with E-state index in [2.05, 4.69) is 13.5 Å². The molecule has 0 bridgehead atoms. The van der Waals surface area contributed by atoms with Crippen LogP contribution >= 0.6 is 0 Å². The predicted octanol–water partition coefficient (Wildman–Crippen LogP) is 2.98. The number of carbonyl (C=O) groups is 1. The number of carbonyl (C=O) groups excluding carboxylic acids is 1. The number of rotatable bonds is 16. The Balaban J connectivity index is 3.37. The predicted molar refractivity (Wildman–Crippen MR) is 86.9 cm³/mol. The largest absolute Gasteiger partial charge is 0.463 e. The lowest BCUT2D eigenvalue weighted by Crippen LogP contribution is -2.20. The molecular weight excluding hydrogens is 284 g/mol. The van der Waals surface area contributed by atoms with Crippen molar-refractivity contribution in [1.29, 1.82) is 0 Å². The van der Waals surface area contributed by atoms with Gasteiger partial charge in [-0.2, -0.15) is 0 Å². The van der Waals surface area contributed by atoms with Crippen molar-refractivity contribution in [2.24, 2.45) is 5.92 Å². The number of unbranched alkanes of at least 4 members (excludes halogenated alkanes) is 1. The maximum atomic E-state index is 11.8. The first-order valence-corrected chi connectivity index (χ1v) is 8.26. The Labute approximate surface area is 135 Å². The second-order valence-corrected chi connectivity index (χ2v) is 5.00. The summed E-state index contributed by atoms with van der Waals surface area (Å²) >= 11 is 0. The number of hydrogen-bond donors (Lipinski definition) is 0. The van der Waals surface area contributed by atoms with E-state index in [0.29, 0.717) is 46.2 Å². The minimum Gasteiger partial charge on any atom is -0.463 e. The summed E-state index contributed by atoms with van der Waals surface area (Å²) in [7, 11) is 0. The van der Waals surface area contributed by atoms with E-state index in [1.54, 1.807) is 6.08 Å². The van der Waals surface area contributed by atoms with Gasteiger partial charge in [0.05, 0.1) is 45.6 Å². The van der Waals surface area contributed by atoms with Gasteiger partial charge in [-0.05, 0) is 12.8 Å². The number of esters is 1. The molecular formula is C17H32O5. The number of hydrogen-bond acceptors (Lipinski definition) is 5. The Hall–Kier alpha value is -0.910. The normalized spacial score (nSPS) is 12.1. The fourth-order valence-electron chi connectivity index (χ4n) is 1.86. The molecule has 0 heterocycles. The molecule has 0 saturated heterocycles. The molecule has 5 nitrogen and oxygen atoms in total. The zero-order chi connectivity index (χ0) is 16.5. The zero-order valence-corrected chi connectivity index (χ0v) is 14.2. The molecule has 1 unspecified atom stereocenters. The smallest absolute Gasteiger partial charge is 0.308 e. The first-order valence-electron chi connectivity index (χ1n) is 8.26. The lowest BCUT2D eigenvalue weighted by Gasteiger charge is -2.13. The third-order valence-electron chi connectivity index (χ3n) is 3.18. The van der Waals surface area contributed by atoms with Crippen LogP contribution in [0.15, 0.2) is 12.7 Å². The van der Waals surface area contributed by atoms with Crippen LogP contribution in [0.5, 0.6) is 0 Å². The molecule has 0 radical (unpaired) electrons. The number of ether oxygens (including phenoxy) is 4. The third-order valence-corrected chi connectivity index (χ3v) is 3.18. The fraction of sp³-hybridized carbons (Fsp3) is 0.824. The molecule has 0 aromatic rings. The van der Waals surface area contributed by atoms with Crippen molar-refractivity contribution in [3.05, 3.63) is 12.7 Å². The van der Waals surface area contributed by atoms with Crippen LogP contribution in [-0.2, 0) is 23.7 Å². The molecule has 0 N–H and O–H groups in total. The molecule has 0 spiro atoms. The van der Waals surface area contributed by atoms with Crippen LogP contribution in [0.3, 0.4) is 0 Å². The Morgan fingerprint density at radius 1 is 1.00 bits per heavy atom. The van der Waals surface area contributed by atoms with Gasteiger partial charge in [0.25, 0.3) is 0 Å². The summed E-state index contributed by atoms with van der Waals surface area (Å²) in [6.07, 6.45) is 5.62. The molecule has 0 amide bonds. The molecule has 0 aliphatic heterocycles. The molecule has 0 aliphatic rings. The van der Waals surface area contributed by atoms with E-state index >= 15 is 0 Å². The zero-order valence-electron chi connectivity index (χ0n) is 14.2. The highest BCUT2D eigenvalue weighted by molar-refractivity contribution is 5.72. The average Bonchev–Trinajstić information content (AvgIpc) is 2.53. The lowest BCUT2D eigenvalue weighted by atomic mass is 10.00. The third kappa shape index (κ3) is 12.8. The molecule has 1 atom stereocenters. The van der Waals surface area contributed by atoms with Crippen molar-refractivity contribution in [3.63, 3.8) is 0 Å². The van der Waals surface area contributed by atoms with Crippen molar-refractivity contribution in [3.8, 4) is 0 Å². The molecule has 0 aromatic carbocycles. The SMILES string of the molecule is C=CCOCCOCCOCCOC(=O)C(CC)CCCC. The Morgan fingerprint density at radius 2 is 1.59 bits per heavy atom. The van der Waals surface area contributed by atoms with Gasteiger partial charge >= 0.3 is 5.97 Å². The van der Waals surface area contributed by atoms with E-state index in [0.717, 1.165) is 25.7 Å². The van der Waals surface area contributed by atoms with E-state index in [4.69, 9.17) is 18.9 Å². The van der Waals surface area contributed by atoms with Gasteiger partial charge in [0.1, 0.15) is 6.61 Å². The topological polar surface area (TPSA) is 54.0 Å². The van der Waals surface area contributed by atoms with Gasteiger partial charge in [0.2, 0.25) is 0 Å². The fourth-order valence-corrected chi connectivity index (χ4v) is 1.86. The average molecular weight is 316 g/mol. The van der Waals surface area contributed by atoms with Crippen LogP contribution < -0.4 is 0 Å². The van der Waals surface area contributed by atoms with Gasteiger partial charge in [-0.3, -0.25) is 4.79 Å². The van der Waals surface area contributed by atoms with Gasteiger partial charge in [-0.1, -0.05) is 32.8 Å². The first-order chi connectivity index (χ1) is 10.8.